The van der Waals surface area contributed by atoms with Crippen LogP contribution < -0.4 is 11.1 Å². The van der Waals surface area contributed by atoms with E-state index in [9.17, 15) is 4.79 Å². The molecule has 0 aliphatic carbocycles. The Kier molecular flexibility index (Phi) is 3.66. The standard InChI is InChI=1S/C12H18N6O/c1-4-9-10(7-18(3)16-9)15-12(19)11(13)8-5-14-17(2)6-8/h5-7,11H,4,13H2,1-3H3,(H,15,19). The first-order valence-corrected chi connectivity index (χ1v) is 6.08. The van der Waals surface area contributed by atoms with Gasteiger partial charge in [0.25, 0.3) is 0 Å². The highest BCUT2D eigenvalue weighted by Gasteiger charge is 2.19. The minimum absolute atomic E-state index is 0.268. The van der Waals surface area contributed by atoms with E-state index in [0.29, 0.717) is 11.3 Å². The van der Waals surface area contributed by atoms with Crippen LogP contribution in [-0.4, -0.2) is 25.5 Å². The van der Waals surface area contributed by atoms with Crippen LogP contribution in [0.1, 0.15) is 24.2 Å². The number of anilines is 1. The van der Waals surface area contributed by atoms with Gasteiger partial charge in [0.15, 0.2) is 0 Å². The number of aryl methyl sites for hydroxylation is 3. The fraction of sp³-hybridized carbons (Fsp3) is 0.417. The molecular formula is C12H18N6O. The SMILES string of the molecule is CCc1nn(C)cc1NC(=O)C(N)c1cnn(C)c1. The molecule has 7 heteroatoms. The van der Waals surface area contributed by atoms with Crippen molar-refractivity contribution in [3.63, 3.8) is 0 Å². The molecule has 1 amide bonds. The van der Waals surface area contributed by atoms with Crippen molar-refractivity contribution in [2.24, 2.45) is 19.8 Å². The third-order valence-electron chi connectivity index (χ3n) is 2.86. The van der Waals surface area contributed by atoms with Gasteiger partial charge in [0.05, 0.1) is 17.6 Å². The predicted octanol–water partition coefficient (Wildman–Crippen LogP) is 0.355. The van der Waals surface area contributed by atoms with E-state index < -0.39 is 6.04 Å². The molecule has 102 valence electrons. The highest BCUT2D eigenvalue weighted by molar-refractivity contribution is 5.95. The van der Waals surface area contributed by atoms with Gasteiger partial charge in [-0.15, -0.1) is 0 Å². The van der Waals surface area contributed by atoms with Crippen molar-refractivity contribution in [2.75, 3.05) is 5.32 Å². The molecule has 2 aromatic rings. The highest BCUT2D eigenvalue weighted by atomic mass is 16.2. The molecule has 3 N–H and O–H groups in total. The average Bonchev–Trinajstić information content (AvgIpc) is 2.94. The molecule has 19 heavy (non-hydrogen) atoms. The van der Waals surface area contributed by atoms with Gasteiger partial charge in [-0.3, -0.25) is 14.2 Å². The third kappa shape index (κ3) is 2.82. The first-order chi connectivity index (χ1) is 9.01. The number of hydrogen-bond acceptors (Lipinski definition) is 4. The zero-order valence-corrected chi connectivity index (χ0v) is 11.3. The van der Waals surface area contributed by atoms with Gasteiger partial charge in [-0.05, 0) is 6.42 Å². The molecule has 1 unspecified atom stereocenters. The lowest BCUT2D eigenvalue weighted by Crippen LogP contribution is -2.27. The van der Waals surface area contributed by atoms with Gasteiger partial charge in [-0.25, -0.2) is 0 Å². The van der Waals surface area contributed by atoms with Crippen LogP contribution in [0, 0.1) is 0 Å². The summed E-state index contributed by atoms with van der Waals surface area (Å²) in [6.45, 7) is 1.99. The molecule has 2 aromatic heterocycles. The van der Waals surface area contributed by atoms with Crippen molar-refractivity contribution in [1.82, 2.24) is 19.6 Å². The molecule has 0 aliphatic rings. The molecule has 2 heterocycles. The summed E-state index contributed by atoms with van der Waals surface area (Å²) in [5, 5.41) is 11.1. The fourth-order valence-electron chi connectivity index (χ4n) is 1.86. The molecule has 0 fully saturated rings. The Hall–Kier alpha value is -2.15. The van der Waals surface area contributed by atoms with Crippen molar-refractivity contribution >= 4 is 11.6 Å². The Bertz CT molecular complexity index is 585. The minimum atomic E-state index is -0.737. The summed E-state index contributed by atoms with van der Waals surface area (Å²) in [5.41, 5.74) is 8.13. The maximum Gasteiger partial charge on any atom is 0.246 e. The van der Waals surface area contributed by atoms with Crippen LogP contribution in [0.25, 0.3) is 0 Å². The van der Waals surface area contributed by atoms with Crippen molar-refractivity contribution in [2.45, 2.75) is 19.4 Å². The largest absolute Gasteiger partial charge is 0.322 e. The Morgan fingerprint density at radius 3 is 2.74 bits per heavy atom. The van der Waals surface area contributed by atoms with Gasteiger partial charge >= 0.3 is 0 Å². The second-order valence-corrected chi connectivity index (χ2v) is 4.43. The Morgan fingerprint density at radius 1 is 1.42 bits per heavy atom. The molecule has 0 aliphatic heterocycles. The smallest absolute Gasteiger partial charge is 0.246 e. The number of amides is 1. The van der Waals surface area contributed by atoms with Crippen LogP contribution in [0.4, 0.5) is 5.69 Å². The van der Waals surface area contributed by atoms with E-state index in [2.05, 4.69) is 15.5 Å². The van der Waals surface area contributed by atoms with E-state index in [-0.39, 0.29) is 5.91 Å². The summed E-state index contributed by atoms with van der Waals surface area (Å²) < 4.78 is 3.29. The van der Waals surface area contributed by atoms with E-state index in [0.717, 1.165) is 12.1 Å². The number of aromatic nitrogens is 4. The van der Waals surface area contributed by atoms with Gasteiger partial charge in [-0.2, -0.15) is 10.2 Å². The minimum Gasteiger partial charge on any atom is -0.322 e. The lowest BCUT2D eigenvalue weighted by Gasteiger charge is -2.10. The number of nitrogens with zero attached hydrogens (tertiary/aromatic N) is 4. The summed E-state index contributed by atoms with van der Waals surface area (Å²) in [4.78, 5) is 12.1. The molecule has 2 rings (SSSR count). The first kappa shape index (κ1) is 13.3. The number of carbonyl (C=O) groups is 1. The Labute approximate surface area is 111 Å². The highest BCUT2D eigenvalue weighted by Crippen LogP contribution is 2.16. The number of carbonyl (C=O) groups excluding carboxylic acids is 1. The lowest BCUT2D eigenvalue weighted by molar-refractivity contribution is -0.117. The van der Waals surface area contributed by atoms with Gasteiger partial charge in [-0.1, -0.05) is 6.92 Å². The number of nitrogens with one attached hydrogen (secondary N) is 1. The average molecular weight is 262 g/mol. The molecule has 0 radical (unpaired) electrons. The molecule has 0 saturated heterocycles. The second-order valence-electron chi connectivity index (χ2n) is 4.43. The molecule has 0 aromatic carbocycles. The van der Waals surface area contributed by atoms with E-state index in [1.807, 2.05) is 14.0 Å². The lowest BCUT2D eigenvalue weighted by atomic mass is 10.1. The predicted molar refractivity (Wildman–Crippen MR) is 71.4 cm³/mol. The topological polar surface area (TPSA) is 90.8 Å². The van der Waals surface area contributed by atoms with E-state index in [4.69, 9.17) is 5.73 Å². The van der Waals surface area contributed by atoms with Gasteiger partial charge in [0.2, 0.25) is 5.91 Å². The van der Waals surface area contributed by atoms with Crippen LogP contribution in [0.5, 0.6) is 0 Å². The molecule has 1 atom stereocenters. The maximum absolute atomic E-state index is 12.1. The normalized spacial score (nSPS) is 12.4. The quantitative estimate of drug-likeness (QED) is 0.832. The Morgan fingerprint density at radius 2 is 2.16 bits per heavy atom. The van der Waals surface area contributed by atoms with Crippen LogP contribution in [0.15, 0.2) is 18.6 Å². The first-order valence-electron chi connectivity index (χ1n) is 6.08. The second kappa shape index (κ2) is 5.23. The Balaban J connectivity index is 2.12. The number of rotatable bonds is 4. The monoisotopic (exact) mass is 262 g/mol. The fourth-order valence-corrected chi connectivity index (χ4v) is 1.86. The summed E-state index contributed by atoms with van der Waals surface area (Å²) in [6, 6.07) is -0.737. The molecule has 0 saturated carbocycles. The van der Waals surface area contributed by atoms with Crippen molar-refractivity contribution < 1.29 is 4.79 Å². The maximum atomic E-state index is 12.1. The summed E-state index contributed by atoms with van der Waals surface area (Å²) in [5.74, 6) is -0.268. The van der Waals surface area contributed by atoms with Crippen molar-refractivity contribution in [3.05, 3.63) is 29.8 Å². The van der Waals surface area contributed by atoms with Crippen LogP contribution >= 0.6 is 0 Å². The van der Waals surface area contributed by atoms with E-state index in [1.54, 1.807) is 35.0 Å². The van der Waals surface area contributed by atoms with Crippen molar-refractivity contribution in [1.29, 1.82) is 0 Å². The van der Waals surface area contributed by atoms with Gasteiger partial charge < -0.3 is 11.1 Å². The molecule has 0 bridgehead atoms. The van der Waals surface area contributed by atoms with Crippen LogP contribution in [-0.2, 0) is 25.3 Å². The van der Waals surface area contributed by atoms with Crippen LogP contribution in [0.2, 0.25) is 0 Å². The zero-order chi connectivity index (χ0) is 14.0. The van der Waals surface area contributed by atoms with Gasteiger partial charge in [0, 0.05) is 32.1 Å². The molecule has 7 nitrogen and oxygen atoms in total. The zero-order valence-electron chi connectivity index (χ0n) is 11.3. The molecule has 0 spiro atoms. The van der Waals surface area contributed by atoms with Crippen LogP contribution in [0.3, 0.4) is 0 Å². The van der Waals surface area contributed by atoms with Gasteiger partial charge in [0.1, 0.15) is 6.04 Å². The van der Waals surface area contributed by atoms with E-state index >= 15 is 0 Å². The summed E-state index contributed by atoms with van der Waals surface area (Å²) >= 11 is 0. The number of hydrogen-bond donors (Lipinski definition) is 2. The summed E-state index contributed by atoms with van der Waals surface area (Å²) in [7, 11) is 3.60. The third-order valence-corrected chi connectivity index (χ3v) is 2.86. The van der Waals surface area contributed by atoms with E-state index in [1.165, 1.54) is 0 Å². The summed E-state index contributed by atoms with van der Waals surface area (Å²) in [6.07, 6.45) is 5.84. The van der Waals surface area contributed by atoms with Crippen molar-refractivity contribution in [3.8, 4) is 0 Å². The molecular weight excluding hydrogens is 244 g/mol. The number of nitrogens with two attached hydrogens (primary N) is 1.